The zero-order chi connectivity index (χ0) is 13.1. The summed E-state index contributed by atoms with van der Waals surface area (Å²) >= 11 is 0. The molecule has 6 nitrogen and oxygen atoms in total. The number of hydrogen-bond acceptors (Lipinski definition) is 5. The summed E-state index contributed by atoms with van der Waals surface area (Å²) in [6, 6.07) is 0. The first-order valence-electron chi connectivity index (χ1n) is 5.56. The van der Waals surface area contributed by atoms with Gasteiger partial charge in [-0.3, -0.25) is 4.68 Å². The zero-order valence-electron chi connectivity index (χ0n) is 10.6. The van der Waals surface area contributed by atoms with E-state index in [1.165, 1.54) is 0 Å². The summed E-state index contributed by atoms with van der Waals surface area (Å²) in [7, 11) is 1.86. The minimum absolute atomic E-state index is 0.321. The maximum Gasteiger partial charge on any atom is 0.0884 e. The van der Waals surface area contributed by atoms with Gasteiger partial charge >= 0.3 is 0 Å². The van der Waals surface area contributed by atoms with Crippen molar-refractivity contribution in [2.75, 3.05) is 19.8 Å². The van der Waals surface area contributed by atoms with Crippen LogP contribution in [-0.4, -0.2) is 50.5 Å². The lowest BCUT2D eigenvalue weighted by Gasteiger charge is -2.28. The SMILES string of the molecule is Cc1nn(C)c(C)c1CNC(CO)(CO)CO. The largest absolute Gasteiger partial charge is 0.394 e. The molecule has 0 aromatic carbocycles. The van der Waals surface area contributed by atoms with Crippen LogP contribution in [0.1, 0.15) is 17.0 Å². The second-order valence-electron chi connectivity index (χ2n) is 4.38. The summed E-state index contributed by atoms with van der Waals surface area (Å²) in [5.74, 6) is 0. The molecule has 0 atom stereocenters. The number of aliphatic hydroxyl groups is 3. The second kappa shape index (κ2) is 5.59. The van der Waals surface area contributed by atoms with Crippen molar-refractivity contribution in [3.63, 3.8) is 0 Å². The number of rotatable bonds is 6. The second-order valence-corrected chi connectivity index (χ2v) is 4.38. The Labute approximate surface area is 101 Å². The molecule has 0 aliphatic heterocycles. The molecule has 0 fully saturated rings. The van der Waals surface area contributed by atoms with Gasteiger partial charge in [-0.1, -0.05) is 0 Å². The molecule has 0 amide bonds. The van der Waals surface area contributed by atoms with E-state index in [9.17, 15) is 15.3 Å². The van der Waals surface area contributed by atoms with Gasteiger partial charge < -0.3 is 20.6 Å². The summed E-state index contributed by atoms with van der Waals surface area (Å²) < 4.78 is 1.78. The van der Waals surface area contributed by atoms with Gasteiger partial charge in [0.2, 0.25) is 0 Å². The van der Waals surface area contributed by atoms with Gasteiger partial charge in [0, 0.05) is 24.8 Å². The van der Waals surface area contributed by atoms with E-state index in [-0.39, 0.29) is 19.8 Å². The summed E-state index contributed by atoms with van der Waals surface area (Å²) in [4.78, 5) is 0. The van der Waals surface area contributed by atoms with Crippen LogP contribution >= 0.6 is 0 Å². The van der Waals surface area contributed by atoms with Crippen LogP contribution in [0.3, 0.4) is 0 Å². The van der Waals surface area contributed by atoms with Crippen molar-refractivity contribution in [1.82, 2.24) is 15.1 Å². The van der Waals surface area contributed by atoms with Gasteiger partial charge in [0.05, 0.1) is 31.1 Å². The van der Waals surface area contributed by atoms with E-state index in [0.29, 0.717) is 6.54 Å². The van der Waals surface area contributed by atoms with Crippen LogP contribution < -0.4 is 5.32 Å². The quantitative estimate of drug-likeness (QED) is 0.506. The van der Waals surface area contributed by atoms with Gasteiger partial charge in [0.15, 0.2) is 0 Å². The van der Waals surface area contributed by atoms with Gasteiger partial charge in [0.1, 0.15) is 0 Å². The fourth-order valence-corrected chi connectivity index (χ4v) is 1.67. The van der Waals surface area contributed by atoms with Gasteiger partial charge in [-0.25, -0.2) is 0 Å². The van der Waals surface area contributed by atoms with Crippen LogP contribution in [0.5, 0.6) is 0 Å². The highest BCUT2D eigenvalue weighted by atomic mass is 16.3. The monoisotopic (exact) mass is 243 g/mol. The molecule has 0 spiro atoms. The lowest BCUT2D eigenvalue weighted by molar-refractivity contribution is 0.0413. The predicted molar refractivity (Wildman–Crippen MR) is 63.5 cm³/mol. The standard InChI is InChI=1S/C11H21N3O3/c1-8-10(9(2)14(3)13-8)4-12-11(5-15,6-16)7-17/h12,15-17H,4-7H2,1-3H3. The third-order valence-electron chi connectivity index (χ3n) is 3.21. The normalized spacial score (nSPS) is 12.1. The van der Waals surface area contributed by atoms with Crippen molar-refractivity contribution in [1.29, 1.82) is 0 Å². The van der Waals surface area contributed by atoms with Crippen LogP contribution in [0.4, 0.5) is 0 Å². The van der Waals surface area contributed by atoms with Crippen molar-refractivity contribution >= 4 is 0 Å². The van der Waals surface area contributed by atoms with E-state index in [4.69, 9.17) is 0 Å². The first kappa shape index (κ1) is 14.1. The third-order valence-corrected chi connectivity index (χ3v) is 3.21. The van der Waals surface area contributed by atoms with E-state index in [1.807, 2.05) is 20.9 Å². The average Bonchev–Trinajstić information content (AvgIpc) is 2.57. The molecule has 0 unspecified atom stereocenters. The lowest BCUT2D eigenvalue weighted by atomic mass is 10.0. The number of nitrogens with one attached hydrogen (secondary N) is 1. The number of hydrogen-bond donors (Lipinski definition) is 4. The molecule has 0 radical (unpaired) electrons. The molecule has 6 heteroatoms. The fraction of sp³-hybridized carbons (Fsp3) is 0.727. The zero-order valence-corrected chi connectivity index (χ0v) is 10.6. The van der Waals surface area contributed by atoms with E-state index in [1.54, 1.807) is 4.68 Å². The van der Waals surface area contributed by atoms with Gasteiger partial charge in [-0.2, -0.15) is 5.10 Å². The first-order valence-corrected chi connectivity index (χ1v) is 5.56. The summed E-state index contributed by atoms with van der Waals surface area (Å²) in [6.07, 6.45) is 0. The Kier molecular flexibility index (Phi) is 4.64. The van der Waals surface area contributed by atoms with Crippen molar-refractivity contribution in [3.8, 4) is 0 Å². The molecule has 0 saturated carbocycles. The minimum atomic E-state index is -1.05. The maximum atomic E-state index is 9.20. The number of nitrogens with zero attached hydrogens (tertiary/aromatic N) is 2. The van der Waals surface area contributed by atoms with Crippen LogP contribution in [0.2, 0.25) is 0 Å². The highest BCUT2D eigenvalue weighted by molar-refractivity contribution is 5.24. The molecule has 0 aliphatic rings. The fourth-order valence-electron chi connectivity index (χ4n) is 1.67. The molecular weight excluding hydrogens is 222 g/mol. The van der Waals surface area contributed by atoms with Gasteiger partial charge in [-0.05, 0) is 13.8 Å². The summed E-state index contributed by atoms with van der Waals surface area (Å²) in [5.41, 5.74) is 1.90. The predicted octanol–water partition coefficient (Wildman–Crippen LogP) is -1.16. The van der Waals surface area contributed by atoms with Crippen molar-refractivity contribution in [2.24, 2.45) is 7.05 Å². The first-order chi connectivity index (χ1) is 7.99. The Morgan fingerprint density at radius 2 is 1.71 bits per heavy atom. The Morgan fingerprint density at radius 1 is 1.18 bits per heavy atom. The van der Waals surface area contributed by atoms with Crippen LogP contribution in [0, 0.1) is 13.8 Å². The summed E-state index contributed by atoms with van der Waals surface area (Å²) in [6.45, 7) is 3.35. The highest BCUT2D eigenvalue weighted by Crippen LogP contribution is 2.13. The lowest BCUT2D eigenvalue weighted by Crippen LogP contribution is -2.54. The van der Waals surface area contributed by atoms with E-state index >= 15 is 0 Å². The number of aromatic nitrogens is 2. The molecule has 98 valence electrons. The Bertz CT molecular complexity index is 364. The Morgan fingerprint density at radius 3 is 2.06 bits per heavy atom. The molecule has 17 heavy (non-hydrogen) atoms. The molecule has 1 aromatic heterocycles. The highest BCUT2D eigenvalue weighted by Gasteiger charge is 2.27. The maximum absolute atomic E-state index is 9.20. The van der Waals surface area contributed by atoms with Crippen molar-refractivity contribution < 1.29 is 15.3 Å². The number of aryl methyl sites for hydroxylation is 2. The Hall–Kier alpha value is -0.950. The minimum Gasteiger partial charge on any atom is -0.394 e. The molecule has 4 N–H and O–H groups in total. The smallest absolute Gasteiger partial charge is 0.0884 e. The third kappa shape index (κ3) is 2.84. The number of aliphatic hydroxyl groups excluding tert-OH is 3. The van der Waals surface area contributed by atoms with Crippen LogP contribution in [0.25, 0.3) is 0 Å². The van der Waals surface area contributed by atoms with Crippen LogP contribution in [-0.2, 0) is 13.6 Å². The van der Waals surface area contributed by atoms with Crippen LogP contribution in [0.15, 0.2) is 0 Å². The molecule has 0 bridgehead atoms. The molecule has 0 saturated heterocycles. The van der Waals surface area contributed by atoms with E-state index in [2.05, 4.69) is 10.4 Å². The molecule has 1 rings (SSSR count). The molecule has 1 aromatic rings. The topological polar surface area (TPSA) is 90.5 Å². The Balaban J connectivity index is 2.79. The molecular formula is C11H21N3O3. The molecule has 0 aliphatic carbocycles. The van der Waals surface area contributed by atoms with Gasteiger partial charge in [-0.15, -0.1) is 0 Å². The van der Waals surface area contributed by atoms with Crippen molar-refractivity contribution in [3.05, 3.63) is 17.0 Å². The van der Waals surface area contributed by atoms with Crippen molar-refractivity contribution in [2.45, 2.75) is 25.9 Å². The van der Waals surface area contributed by atoms with E-state index < -0.39 is 5.54 Å². The average molecular weight is 243 g/mol. The van der Waals surface area contributed by atoms with Gasteiger partial charge in [0.25, 0.3) is 0 Å². The molecule has 1 heterocycles. The van der Waals surface area contributed by atoms with E-state index in [0.717, 1.165) is 17.0 Å². The summed E-state index contributed by atoms with van der Waals surface area (Å²) in [5, 5.41) is 34.9.